The predicted octanol–water partition coefficient (Wildman–Crippen LogP) is 1.41. The molecule has 8 nitrogen and oxygen atoms in total. The predicted molar refractivity (Wildman–Crippen MR) is 85.6 cm³/mol. The van der Waals surface area contributed by atoms with Gasteiger partial charge in [0.05, 0.1) is 0 Å². The zero-order chi connectivity index (χ0) is 16.4. The van der Waals surface area contributed by atoms with Gasteiger partial charge >= 0.3 is 0 Å². The zero-order valence-corrected chi connectivity index (χ0v) is 13.0. The molecule has 1 fully saturated rings. The number of rotatable bonds is 3. The molecular weight excluding hydrogens is 306 g/mol. The Morgan fingerprint density at radius 3 is 2.88 bits per heavy atom. The van der Waals surface area contributed by atoms with E-state index in [1.807, 2.05) is 23.1 Å². The molecule has 1 aliphatic rings. The summed E-state index contributed by atoms with van der Waals surface area (Å²) >= 11 is 0. The lowest BCUT2D eigenvalue weighted by atomic mass is 9.95. The summed E-state index contributed by atoms with van der Waals surface area (Å²) in [6.45, 7) is 1.43. The van der Waals surface area contributed by atoms with Crippen LogP contribution in [-0.4, -0.2) is 53.8 Å². The highest BCUT2D eigenvalue weighted by molar-refractivity contribution is 5.92. The lowest BCUT2D eigenvalue weighted by Gasteiger charge is -2.32. The average molecular weight is 323 g/mol. The van der Waals surface area contributed by atoms with E-state index >= 15 is 0 Å². The molecule has 0 bridgehead atoms. The van der Waals surface area contributed by atoms with Gasteiger partial charge in [-0.2, -0.15) is 5.10 Å². The number of nitrogens with zero attached hydrogens (tertiary/aromatic N) is 6. The van der Waals surface area contributed by atoms with Crippen LogP contribution >= 0.6 is 0 Å². The zero-order valence-electron chi connectivity index (χ0n) is 13.0. The number of carbonyl (C=O) groups excluding carboxylic acids is 1. The summed E-state index contributed by atoms with van der Waals surface area (Å²) in [4.78, 5) is 19.2. The minimum absolute atomic E-state index is 0.0471. The van der Waals surface area contributed by atoms with Crippen molar-refractivity contribution in [3.63, 3.8) is 0 Å². The highest BCUT2D eigenvalue weighted by atomic mass is 16.2. The monoisotopic (exact) mass is 323 g/mol. The molecule has 0 aromatic carbocycles. The van der Waals surface area contributed by atoms with E-state index in [0.717, 1.165) is 25.1 Å². The van der Waals surface area contributed by atoms with Crippen molar-refractivity contribution in [2.45, 2.75) is 18.8 Å². The summed E-state index contributed by atoms with van der Waals surface area (Å²) in [6.07, 6.45) is 6.90. The Kier molecular flexibility index (Phi) is 3.78. The number of likely N-dealkylation sites (tertiary alicyclic amines) is 1. The van der Waals surface area contributed by atoms with Gasteiger partial charge in [0.25, 0.3) is 5.91 Å². The standard InChI is InChI=1S/C16H17N7O/c24-16(14-4-1-5-15(20-14)23-10-18-19-11-23)22-8-2-3-12(9-22)13-6-7-17-21-13/h1,4-7,10-12H,2-3,8-9H2,(H,17,21)/t12-/m0/s1. The maximum absolute atomic E-state index is 12.8. The number of aromatic amines is 1. The molecule has 0 spiro atoms. The van der Waals surface area contributed by atoms with Gasteiger partial charge in [-0.15, -0.1) is 10.2 Å². The minimum atomic E-state index is -0.0471. The molecule has 0 radical (unpaired) electrons. The van der Waals surface area contributed by atoms with Crippen molar-refractivity contribution in [3.05, 3.63) is 54.5 Å². The van der Waals surface area contributed by atoms with Gasteiger partial charge in [0, 0.05) is 30.9 Å². The Balaban J connectivity index is 1.54. The van der Waals surface area contributed by atoms with Crippen LogP contribution in [0.25, 0.3) is 5.82 Å². The lowest BCUT2D eigenvalue weighted by molar-refractivity contribution is 0.0700. The summed E-state index contributed by atoms with van der Waals surface area (Å²) in [5.74, 6) is 0.883. The van der Waals surface area contributed by atoms with Crippen LogP contribution in [0.3, 0.4) is 0 Å². The molecule has 1 saturated heterocycles. The van der Waals surface area contributed by atoms with Gasteiger partial charge in [-0.25, -0.2) is 4.98 Å². The van der Waals surface area contributed by atoms with Crippen molar-refractivity contribution in [1.29, 1.82) is 0 Å². The molecule has 1 N–H and O–H groups in total. The number of aromatic nitrogens is 6. The molecular formula is C16H17N7O. The van der Waals surface area contributed by atoms with Gasteiger partial charge in [0.15, 0.2) is 0 Å². The van der Waals surface area contributed by atoms with Gasteiger partial charge < -0.3 is 4.90 Å². The lowest BCUT2D eigenvalue weighted by Crippen LogP contribution is -2.39. The first-order valence-electron chi connectivity index (χ1n) is 7.92. The van der Waals surface area contributed by atoms with Crippen molar-refractivity contribution in [2.75, 3.05) is 13.1 Å². The molecule has 122 valence electrons. The van der Waals surface area contributed by atoms with E-state index in [9.17, 15) is 4.79 Å². The second kappa shape index (κ2) is 6.23. The summed E-state index contributed by atoms with van der Waals surface area (Å²) in [5, 5.41) is 14.6. The number of nitrogens with one attached hydrogen (secondary N) is 1. The summed E-state index contributed by atoms with van der Waals surface area (Å²) in [6, 6.07) is 7.37. The third-order valence-corrected chi connectivity index (χ3v) is 4.31. The van der Waals surface area contributed by atoms with Gasteiger partial charge in [-0.1, -0.05) is 6.07 Å². The highest BCUT2D eigenvalue weighted by Crippen LogP contribution is 2.26. The van der Waals surface area contributed by atoms with Gasteiger partial charge in [-0.3, -0.25) is 14.5 Å². The van der Waals surface area contributed by atoms with Crippen LogP contribution in [-0.2, 0) is 0 Å². The first kappa shape index (κ1) is 14.6. The second-order valence-corrected chi connectivity index (χ2v) is 5.85. The summed E-state index contributed by atoms with van der Waals surface area (Å²) < 4.78 is 1.68. The topological polar surface area (TPSA) is 92.6 Å². The quantitative estimate of drug-likeness (QED) is 0.786. The first-order chi connectivity index (χ1) is 11.8. The Hall–Kier alpha value is -3.03. The minimum Gasteiger partial charge on any atom is -0.337 e. The molecule has 1 aliphatic heterocycles. The largest absolute Gasteiger partial charge is 0.337 e. The van der Waals surface area contributed by atoms with E-state index in [4.69, 9.17) is 0 Å². The van der Waals surface area contributed by atoms with Gasteiger partial charge in [-0.05, 0) is 31.0 Å². The molecule has 0 aliphatic carbocycles. The third kappa shape index (κ3) is 2.78. The van der Waals surface area contributed by atoms with Gasteiger partial charge in [0.2, 0.25) is 0 Å². The Labute approximate surface area is 138 Å². The van der Waals surface area contributed by atoms with E-state index in [-0.39, 0.29) is 5.91 Å². The van der Waals surface area contributed by atoms with Crippen LogP contribution < -0.4 is 0 Å². The summed E-state index contributed by atoms with van der Waals surface area (Å²) in [5.41, 5.74) is 1.52. The van der Waals surface area contributed by atoms with Crippen molar-refractivity contribution < 1.29 is 4.79 Å². The maximum atomic E-state index is 12.8. The highest BCUT2D eigenvalue weighted by Gasteiger charge is 2.27. The van der Waals surface area contributed by atoms with Crippen molar-refractivity contribution in [3.8, 4) is 5.82 Å². The molecule has 3 aromatic heterocycles. The smallest absolute Gasteiger partial charge is 0.272 e. The Morgan fingerprint density at radius 1 is 1.21 bits per heavy atom. The molecule has 8 heteroatoms. The van der Waals surface area contributed by atoms with Crippen LogP contribution in [0.1, 0.15) is 34.9 Å². The van der Waals surface area contributed by atoms with Crippen LogP contribution in [0.4, 0.5) is 0 Å². The van der Waals surface area contributed by atoms with Crippen molar-refractivity contribution in [1.82, 2.24) is 34.8 Å². The van der Waals surface area contributed by atoms with Crippen LogP contribution in [0.2, 0.25) is 0 Å². The molecule has 24 heavy (non-hydrogen) atoms. The number of amides is 1. The normalized spacial score (nSPS) is 17.8. The molecule has 1 atom stereocenters. The number of piperidine rings is 1. The summed E-state index contributed by atoms with van der Waals surface area (Å²) in [7, 11) is 0. The van der Waals surface area contributed by atoms with E-state index in [0.29, 0.717) is 24.0 Å². The Morgan fingerprint density at radius 2 is 2.08 bits per heavy atom. The third-order valence-electron chi connectivity index (χ3n) is 4.31. The Bertz CT molecular complexity index is 813. The van der Waals surface area contributed by atoms with E-state index < -0.39 is 0 Å². The van der Waals surface area contributed by atoms with E-state index in [2.05, 4.69) is 25.4 Å². The van der Waals surface area contributed by atoms with Crippen molar-refractivity contribution >= 4 is 5.91 Å². The van der Waals surface area contributed by atoms with E-state index in [1.165, 1.54) is 0 Å². The molecule has 3 aromatic rings. The molecule has 4 rings (SSSR count). The van der Waals surface area contributed by atoms with Crippen LogP contribution in [0.5, 0.6) is 0 Å². The number of hydrogen-bond acceptors (Lipinski definition) is 5. The molecule has 0 unspecified atom stereocenters. The van der Waals surface area contributed by atoms with Crippen LogP contribution in [0.15, 0.2) is 43.1 Å². The number of pyridine rings is 1. The maximum Gasteiger partial charge on any atom is 0.272 e. The fraction of sp³-hybridized carbons (Fsp3) is 0.312. The number of hydrogen-bond donors (Lipinski definition) is 1. The molecule has 4 heterocycles. The fourth-order valence-electron chi connectivity index (χ4n) is 3.08. The first-order valence-corrected chi connectivity index (χ1v) is 7.92. The SMILES string of the molecule is O=C(c1cccc(-n2cnnc2)n1)N1CCC[C@H](c2ccn[nH]2)C1. The van der Waals surface area contributed by atoms with Crippen molar-refractivity contribution in [2.24, 2.45) is 0 Å². The second-order valence-electron chi connectivity index (χ2n) is 5.85. The molecule has 0 saturated carbocycles. The number of carbonyl (C=O) groups is 1. The van der Waals surface area contributed by atoms with Gasteiger partial charge in [0.1, 0.15) is 24.2 Å². The molecule has 1 amide bonds. The average Bonchev–Trinajstić information content (AvgIpc) is 3.35. The fourth-order valence-corrected chi connectivity index (χ4v) is 3.08. The number of H-pyrrole nitrogens is 1. The van der Waals surface area contributed by atoms with Crippen LogP contribution in [0, 0.1) is 0 Å². The van der Waals surface area contributed by atoms with E-state index in [1.54, 1.807) is 29.5 Å².